The average molecular weight is 232 g/mol. The number of ether oxygens (including phenoxy) is 1. The smallest absolute Gasteiger partial charge is 0.138 e. The van der Waals surface area contributed by atoms with Crippen LogP contribution in [0.5, 0.6) is 5.75 Å². The maximum absolute atomic E-state index is 12.9. The van der Waals surface area contributed by atoms with Crippen LogP contribution in [-0.2, 0) is 0 Å². The molecule has 0 aliphatic carbocycles. The molecule has 0 spiro atoms. The van der Waals surface area contributed by atoms with Crippen LogP contribution >= 0.6 is 15.9 Å². The van der Waals surface area contributed by atoms with Crippen LogP contribution in [0.4, 0.5) is 4.39 Å². The molecule has 1 aliphatic heterocycles. The normalized spacial score (nSPS) is 20.4. The average Bonchev–Trinajstić information content (AvgIpc) is 2.33. The molecule has 0 unspecified atom stereocenters. The quantitative estimate of drug-likeness (QED) is 0.742. The molecule has 0 aromatic heterocycles. The van der Waals surface area contributed by atoms with Gasteiger partial charge in [-0.25, -0.2) is 4.39 Å². The van der Waals surface area contributed by atoms with E-state index in [4.69, 9.17) is 10.5 Å². The molecule has 2 nitrogen and oxygen atoms in total. The van der Waals surface area contributed by atoms with Crippen molar-refractivity contribution in [1.82, 2.24) is 0 Å². The Hall–Kier alpha value is -0.610. The van der Waals surface area contributed by atoms with Gasteiger partial charge in [0.1, 0.15) is 18.2 Å². The van der Waals surface area contributed by atoms with E-state index in [0.717, 1.165) is 5.56 Å². The second-order valence-corrected chi connectivity index (χ2v) is 3.58. The van der Waals surface area contributed by atoms with E-state index in [0.29, 0.717) is 16.8 Å². The third kappa shape index (κ3) is 1.11. The van der Waals surface area contributed by atoms with Gasteiger partial charge >= 0.3 is 0 Å². The van der Waals surface area contributed by atoms with Gasteiger partial charge in [-0.05, 0) is 28.1 Å². The van der Waals surface area contributed by atoms with E-state index in [1.807, 2.05) is 0 Å². The zero-order valence-electron chi connectivity index (χ0n) is 6.18. The maximum Gasteiger partial charge on any atom is 0.138 e. The molecule has 64 valence electrons. The number of halogens is 2. The van der Waals surface area contributed by atoms with Crippen LogP contribution in [0, 0.1) is 5.82 Å². The van der Waals surface area contributed by atoms with Crippen LogP contribution in [0.2, 0.25) is 0 Å². The Balaban J connectivity index is 2.60. The summed E-state index contributed by atoms with van der Waals surface area (Å²) in [5.74, 6) is 0.380. The van der Waals surface area contributed by atoms with Crippen molar-refractivity contribution in [2.45, 2.75) is 6.04 Å². The Labute approximate surface area is 77.6 Å². The number of hydrogen-bond donors (Lipinski definition) is 1. The van der Waals surface area contributed by atoms with Gasteiger partial charge in [0, 0.05) is 5.56 Å². The van der Waals surface area contributed by atoms with E-state index < -0.39 is 0 Å². The van der Waals surface area contributed by atoms with Gasteiger partial charge < -0.3 is 10.5 Å². The first-order valence-electron chi connectivity index (χ1n) is 3.56. The molecule has 1 aromatic carbocycles. The van der Waals surface area contributed by atoms with Gasteiger partial charge in [-0.1, -0.05) is 0 Å². The van der Waals surface area contributed by atoms with Crippen molar-refractivity contribution in [2.24, 2.45) is 5.73 Å². The molecule has 1 heterocycles. The van der Waals surface area contributed by atoms with Crippen molar-refractivity contribution in [1.29, 1.82) is 0 Å². The van der Waals surface area contributed by atoms with Gasteiger partial charge in [0.05, 0.1) is 10.5 Å². The van der Waals surface area contributed by atoms with Crippen molar-refractivity contribution in [3.05, 3.63) is 28.0 Å². The van der Waals surface area contributed by atoms with E-state index in [2.05, 4.69) is 15.9 Å². The van der Waals surface area contributed by atoms with Crippen LogP contribution in [0.25, 0.3) is 0 Å². The zero-order chi connectivity index (χ0) is 8.72. The molecule has 0 bridgehead atoms. The van der Waals surface area contributed by atoms with Gasteiger partial charge in [0.2, 0.25) is 0 Å². The first-order chi connectivity index (χ1) is 5.68. The van der Waals surface area contributed by atoms with Crippen LogP contribution in [0.1, 0.15) is 11.6 Å². The highest BCUT2D eigenvalue weighted by atomic mass is 79.9. The predicted octanol–water partition coefficient (Wildman–Crippen LogP) is 1.98. The molecule has 2 N–H and O–H groups in total. The lowest BCUT2D eigenvalue weighted by molar-refractivity contribution is 0.331. The molecule has 1 aliphatic rings. The fraction of sp³-hybridized carbons (Fsp3) is 0.250. The van der Waals surface area contributed by atoms with Crippen LogP contribution in [0.15, 0.2) is 16.6 Å². The molecule has 0 radical (unpaired) electrons. The van der Waals surface area contributed by atoms with Crippen molar-refractivity contribution in [2.75, 3.05) is 6.61 Å². The van der Waals surface area contributed by atoms with E-state index in [9.17, 15) is 4.39 Å². The summed E-state index contributed by atoms with van der Waals surface area (Å²) in [6, 6.07) is 2.58. The molecule has 2 rings (SSSR count). The van der Waals surface area contributed by atoms with Gasteiger partial charge in [0.15, 0.2) is 0 Å². The van der Waals surface area contributed by atoms with Crippen molar-refractivity contribution < 1.29 is 9.13 Å². The third-order valence-electron chi connectivity index (χ3n) is 1.84. The van der Waals surface area contributed by atoms with Gasteiger partial charge in [-0.15, -0.1) is 0 Å². The lowest BCUT2D eigenvalue weighted by Crippen LogP contribution is -2.10. The molecule has 0 fully saturated rings. The number of rotatable bonds is 0. The second kappa shape index (κ2) is 2.71. The molecule has 1 aromatic rings. The molecule has 12 heavy (non-hydrogen) atoms. The topological polar surface area (TPSA) is 35.2 Å². The van der Waals surface area contributed by atoms with Crippen molar-refractivity contribution in [3.8, 4) is 5.75 Å². The van der Waals surface area contributed by atoms with Crippen molar-refractivity contribution >= 4 is 15.9 Å². The first kappa shape index (κ1) is 8.01. The summed E-state index contributed by atoms with van der Waals surface area (Å²) < 4.78 is 18.7. The van der Waals surface area contributed by atoms with Gasteiger partial charge in [0.25, 0.3) is 0 Å². The van der Waals surface area contributed by atoms with E-state index in [1.54, 1.807) is 0 Å². The fourth-order valence-corrected chi connectivity index (χ4v) is 1.83. The first-order valence-corrected chi connectivity index (χ1v) is 4.35. The number of nitrogens with two attached hydrogens (primary N) is 1. The number of hydrogen-bond acceptors (Lipinski definition) is 2. The maximum atomic E-state index is 12.9. The highest BCUT2D eigenvalue weighted by molar-refractivity contribution is 9.10. The van der Waals surface area contributed by atoms with E-state index in [-0.39, 0.29) is 11.9 Å². The van der Waals surface area contributed by atoms with Crippen LogP contribution in [-0.4, -0.2) is 6.61 Å². The Bertz CT molecular complexity index is 329. The minimum atomic E-state index is -0.290. The number of benzene rings is 1. The summed E-state index contributed by atoms with van der Waals surface area (Å²) in [6.45, 7) is 0.428. The van der Waals surface area contributed by atoms with E-state index >= 15 is 0 Å². The highest BCUT2D eigenvalue weighted by Crippen LogP contribution is 2.37. The summed E-state index contributed by atoms with van der Waals surface area (Å²) in [4.78, 5) is 0. The lowest BCUT2D eigenvalue weighted by Gasteiger charge is -2.02. The Morgan fingerprint density at radius 3 is 3.08 bits per heavy atom. The minimum absolute atomic E-state index is 0.202. The van der Waals surface area contributed by atoms with Crippen LogP contribution in [0.3, 0.4) is 0 Å². The zero-order valence-corrected chi connectivity index (χ0v) is 7.77. The molecular formula is C8H7BrFNO. The van der Waals surface area contributed by atoms with E-state index in [1.165, 1.54) is 12.1 Å². The molecule has 0 saturated carbocycles. The number of fused-ring (bicyclic) bond motifs is 1. The SMILES string of the molecule is N[C@@H]1COc2c(Br)cc(F)cc21. The fourth-order valence-electron chi connectivity index (χ4n) is 1.27. The standard InChI is InChI=1S/C8H7BrFNO/c9-6-2-4(10)1-5-7(11)3-12-8(5)6/h1-2,7H,3,11H2/t7-/m1/s1. The van der Waals surface area contributed by atoms with Crippen molar-refractivity contribution in [3.63, 3.8) is 0 Å². The summed E-state index contributed by atoms with van der Waals surface area (Å²) in [7, 11) is 0. The summed E-state index contributed by atoms with van der Waals surface area (Å²) in [5.41, 5.74) is 6.41. The Kier molecular flexibility index (Phi) is 1.81. The van der Waals surface area contributed by atoms with Gasteiger partial charge in [-0.3, -0.25) is 0 Å². The monoisotopic (exact) mass is 231 g/mol. The molecule has 4 heteroatoms. The Morgan fingerprint density at radius 2 is 2.33 bits per heavy atom. The Morgan fingerprint density at radius 1 is 1.58 bits per heavy atom. The molecule has 0 amide bonds. The van der Waals surface area contributed by atoms with Gasteiger partial charge in [-0.2, -0.15) is 0 Å². The van der Waals surface area contributed by atoms with Crippen LogP contribution < -0.4 is 10.5 Å². The molecular weight excluding hydrogens is 225 g/mol. The second-order valence-electron chi connectivity index (χ2n) is 2.72. The molecule has 0 saturated heterocycles. The summed E-state index contributed by atoms with van der Waals surface area (Å²) in [6.07, 6.45) is 0. The largest absolute Gasteiger partial charge is 0.490 e. The summed E-state index contributed by atoms with van der Waals surface area (Å²) in [5, 5.41) is 0. The highest BCUT2D eigenvalue weighted by Gasteiger charge is 2.23. The predicted molar refractivity (Wildman–Crippen MR) is 46.5 cm³/mol. The molecule has 1 atom stereocenters. The lowest BCUT2D eigenvalue weighted by atomic mass is 10.1. The minimum Gasteiger partial charge on any atom is -0.490 e. The third-order valence-corrected chi connectivity index (χ3v) is 2.43. The summed E-state index contributed by atoms with van der Waals surface area (Å²) >= 11 is 3.21.